The molecule has 1 aromatic carbocycles. The lowest BCUT2D eigenvalue weighted by Gasteiger charge is -2.59. The zero-order valence-corrected chi connectivity index (χ0v) is 13.1. The molecule has 3 atom stereocenters. The topological polar surface area (TPSA) is 115 Å². The fourth-order valence-corrected chi connectivity index (χ4v) is 2.48. The monoisotopic (exact) mass is 310 g/mol. The van der Waals surface area contributed by atoms with Gasteiger partial charge in [-0.2, -0.15) is 0 Å². The van der Waals surface area contributed by atoms with E-state index in [1.807, 2.05) is 20.8 Å². The summed E-state index contributed by atoms with van der Waals surface area (Å²) in [6.07, 6.45) is -0.359. The number of carboxylic acids is 2. The lowest BCUT2D eigenvalue weighted by atomic mass is 9.51. The molecular weight excluding hydrogens is 288 g/mol. The first-order chi connectivity index (χ1) is 9.92. The predicted molar refractivity (Wildman–Crippen MR) is 79.9 cm³/mol. The van der Waals surface area contributed by atoms with Crippen LogP contribution in [-0.2, 0) is 0 Å². The first kappa shape index (κ1) is 18.1. The summed E-state index contributed by atoms with van der Waals surface area (Å²) < 4.78 is 0. The molecule has 0 saturated heterocycles. The molecule has 2 rings (SSSR count). The van der Waals surface area contributed by atoms with Crippen molar-refractivity contribution < 1.29 is 30.0 Å². The Labute approximate surface area is 129 Å². The second kappa shape index (κ2) is 6.06. The van der Waals surface area contributed by atoms with E-state index in [2.05, 4.69) is 0 Å². The van der Waals surface area contributed by atoms with Crippen molar-refractivity contribution >= 4 is 11.9 Å². The predicted octanol–water partition coefficient (Wildman–Crippen LogP) is 1.86. The minimum absolute atomic E-state index is 0.00231. The van der Waals surface area contributed by atoms with Crippen LogP contribution in [-0.4, -0.2) is 44.1 Å². The Hall–Kier alpha value is -1.92. The maximum Gasteiger partial charge on any atom is 0.335 e. The van der Waals surface area contributed by atoms with Gasteiger partial charge in [0.05, 0.1) is 22.8 Å². The van der Waals surface area contributed by atoms with Gasteiger partial charge in [-0.05, 0) is 31.2 Å². The SMILES string of the molecule is CC1C(O)C(C)(C)C1(C)O.O=C(O)c1ccc(C(=O)O)cc1. The van der Waals surface area contributed by atoms with Crippen LogP contribution in [0.3, 0.4) is 0 Å². The molecule has 1 saturated carbocycles. The van der Waals surface area contributed by atoms with Gasteiger partial charge in [-0.25, -0.2) is 9.59 Å². The normalized spacial score (nSPS) is 28.8. The van der Waals surface area contributed by atoms with Crippen molar-refractivity contribution in [1.82, 2.24) is 0 Å². The van der Waals surface area contributed by atoms with Crippen LogP contribution in [0.1, 0.15) is 48.4 Å². The second-order valence-corrected chi connectivity index (χ2v) is 6.29. The fourth-order valence-electron chi connectivity index (χ4n) is 2.48. The van der Waals surface area contributed by atoms with E-state index in [9.17, 15) is 19.8 Å². The standard InChI is InChI=1S/C8H6O4.C8H16O2/c9-7(10)5-1-2-6(4-3-5)8(11)12;1-5-6(9)7(2,3)8(5,4)10/h1-4H,(H,9,10)(H,11,12);5-6,9-10H,1-4H3. The number of carboxylic acid groups (broad SMARTS) is 2. The van der Waals surface area contributed by atoms with E-state index < -0.39 is 17.5 Å². The lowest BCUT2D eigenvalue weighted by Crippen LogP contribution is -2.68. The van der Waals surface area contributed by atoms with Crippen molar-refractivity contribution in [2.75, 3.05) is 0 Å². The maximum atomic E-state index is 10.3. The lowest BCUT2D eigenvalue weighted by molar-refractivity contribution is -0.260. The van der Waals surface area contributed by atoms with E-state index in [1.165, 1.54) is 24.3 Å². The number of hydrogen-bond acceptors (Lipinski definition) is 4. The van der Waals surface area contributed by atoms with Crippen LogP contribution in [0.25, 0.3) is 0 Å². The number of hydrogen-bond donors (Lipinski definition) is 4. The highest BCUT2D eigenvalue weighted by molar-refractivity contribution is 5.91. The quantitative estimate of drug-likeness (QED) is 0.663. The van der Waals surface area contributed by atoms with Crippen LogP contribution in [0.5, 0.6) is 0 Å². The number of benzene rings is 1. The molecule has 1 aliphatic rings. The summed E-state index contributed by atoms with van der Waals surface area (Å²) >= 11 is 0. The summed E-state index contributed by atoms with van der Waals surface area (Å²) in [6.45, 7) is 7.43. The van der Waals surface area contributed by atoms with Gasteiger partial charge in [-0.1, -0.05) is 20.8 Å². The average Bonchev–Trinajstić information content (AvgIpc) is 2.46. The number of aliphatic hydroxyl groups is 2. The van der Waals surface area contributed by atoms with Crippen LogP contribution in [0.15, 0.2) is 24.3 Å². The Morgan fingerprint density at radius 2 is 1.27 bits per heavy atom. The molecule has 0 bridgehead atoms. The first-order valence-corrected chi connectivity index (χ1v) is 6.90. The Morgan fingerprint density at radius 3 is 1.41 bits per heavy atom. The van der Waals surface area contributed by atoms with Crippen LogP contribution in [0, 0.1) is 11.3 Å². The van der Waals surface area contributed by atoms with Crippen molar-refractivity contribution in [2.45, 2.75) is 39.4 Å². The highest BCUT2D eigenvalue weighted by Gasteiger charge is 2.61. The van der Waals surface area contributed by atoms with Crippen molar-refractivity contribution in [3.8, 4) is 0 Å². The third-order valence-corrected chi connectivity index (χ3v) is 4.78. The van der Waals surface area contributed by atoms with Gasteiger partial charge in [-0.3, -0.25) is 0 Å². The summed E-state index contributed by atoms with van der Waals surface area (Å²) in [5, 5.41) is 36.1. The largest absolute Gasteiger partial charge is 0.478 e. The molecule has 6 heteroatoms. The second-order valence-electron chi connectivity index (χ2n) is 6.29. The van der Waals surface area contributed by atoms with Gasteiger partial charge >= 0.3 is 11.9 Å². The number of aliphatic hydroxyl groups excluding tert-OH is 1. The molecule has 0 amide bonds. The molecule has 1 aliphatic carbocycles. The minimum Gasteiger partial charge on any atom is -0.478 e. The summed E-state index contributed by atoms with van der Waals surface area (Å²) in [7, 11) is 0. The zero-order chi connectivity index (χ0) is 17.3. The summed E-state index contributed by atoms with van der Waals surface area (Å²) in [4.78, 5) is 20.7. The van der Waals surface area contributed by atoms with Crippen LogP contribution in [0.4, 0.5) is 0 Å². The molecule has 0 aliphatic heterocycles. The summed E-state index contributed by atoms with van der Waals surface area (Å²) in [5.41, 5.74) is -0.876. The molecule has 22 heavy (non-hydrogen) atoms. The molecule has 122 valence electrons. The summed E-state index contributed by atoms with van der Waals surface area (Å²) in [5.74, 6) is -2.12. The van der Waals surface area contributed by atoms with Gasteiger partial charge in [0.15, 0.2) is 0 Å². The van der Waals surface area contributed by atoms with Gasteiger partial charge in [-0.15, -0.1) is 0 Å². The number of aromatic carboxylic acids is 2. The molecule has 0 heterocycles. The Balaban J connectivity index is 0.000000224. The van der Waals surface area contributed by atoms with E-state index in [0.29, 0.717) is 0 Å². The van der Waals surface area contributed by atoms with Gasteiger partial charge in [0.25, 0.3) is 0 Å². The van der Waals surface area contributed by atoms with Crippen molar-refractivity contribution in [1.29, 1.82) is 0 Å². The van der Waals surface area contributed by atoms with Crippen LogP contribution < -0.4 is 0 Å². The number of carbonyl (C=O) groups is 2. The Bertz CT molecular complexity index is 508. The number of rotatable bonds is 2. The van der Waals surface area contributed by atoms with E-state index in [1.54, 1.807) is 6.92 Å². The van der Waals surface area contributed by atoms with E-state index in [0.717, 1.165) is 0 Å². The van der Waals surface area contributed by atoms with Crippen LogP contribution >= 0.6 is 0 Å². The van der Waals surface area contributed by atoms with Gasteiger partial charge < -0.3 is 20.4 Å². The molecule has 0 aromatic heterocycles. The van der Waals surface area contributed by atoms with E-state index in [4.69, 9.17) is 10.2 Å². The Morgan fingerprint density at radius 1 is 0.955 bits per heavy atom. The van der Waals surface area contributed by atoms with Gasteiger partial charge in [0, 0.05) is 11.3 Å². The van der Waals surface area contributed by atoms with Gasteiger partial charge in [0.1, 0.15) is 0 Å². The molecule has 6 nitrogen and oxygen atoms in total. The zero-order valence-electron chi connectivity index (χ0n) is 13.1. The fraction of sp³-hybridized carbons (Fsp3) is 0.500. The molecule has 0 spiro atoms. The highest BCUT2D eigenvalue weighted by atomic mass is 16.4. The average molecular weight is 310 g/mol. The molecule has 1 aromatic rings. The van der Waals surface area contributed by atoms with Crippen LogP contribution in [0.2, 0.25) is 0 Å². The molecule has 4 N–H and O–H groups in total. The van der Waals surface area contributed by atoms with Gasteiger partial charge in [0.2, 0.25) is 0 Å². The van der Waals surface area contributed by atoms with Crippen molar-refractivity contribution in [3.63, 3.8) is 0 Å². The third kappa shape index (κ3) is 3.13. The van der Waals surface area contributed by atoms with E-state index in [-0.39, 0.29) is 28.6 Å². The maximum absolute atomic E-state index is 10.3. The molecule has 3 unspecified atom stereocenters. The molecule has 0 radical (unpaired) electrons. The van der Waals surface area contributed by atoms with Crippen molar-refractivity contribution in [3.05, 3.63) is 35.4 Å². The van der Waals surface area contributed by atoms with E-state index >= 15 is 0 Å². The molecular formula is C16H22O6. The minimum atomic E-state index is -1.06. The third-order valence-electron chi connectivity index (χ3n) is 4.78. The molecule has 1 fully saturated rings. The summed E-state index contributed by atoms with van der Waals surface area (Å²) in [6, 6.07) is 5.02. The van der Waals surface area contributed by atoms with Crippen molar-refractivity contribution in [2.24, 2.45) is 11.3 Å². The highest BCUT2D eigenvalue weighted by Crippen LogP contribution is 2.53. The smallest absolute Gasteiger partial charge is 0.335 e. The Kier molecular flexibility index (Phi) is 4.99. The first-order valence-electron chi connectivity index (χ1n) is 6.90.